The Morgan fingerprint density at radius 2 is 1.96 bits per heavy atom. The van der Waals surface area contributed by atoms with E-state index in [0.717, 1.165) is 46.0 Å². The van der Waals surface area contributed by atoms with Gasteiger partial charge in [0.15, 0.2) is 0 Å². The van der Waals surface area contributed by atoms with Crippen LogP contribution in [0.15, 0.2) is 47.1 Å². The number of primary amides is 1. The number of carbonyl (C=O) groups excluding carboxylic acids is 1. The van der Waals surface area contributed by atoms with Crippen LogP contribution < -0.4 is 5.73 Å². The highest BCUT2D eigenvalue weighted by Gasteiger charge is 2.51. The fraction of sp³-hybridized carbons (Fsp3) is 0.200. The minimum Gasteiger partial charge on any atom is -0.369 e. The average Bonchev–Trinajstić information content (AvgIpc) is 3.39. The third-order valence-corrected chi connectivity index (χ3v) is 5.62. The number of fused-ring (bicyclic) bond motifs is 1. The molecule has 0 atom stereocenters. The van der Waals surface area contributed by atoms with E-state index in [1.807, 2.05) is 31.2 Å². The van der Waals surface area contributed by atoms with Crippen molar-refractivity contribution in [2.45, 2.75) is 25.2 Å². The van der Waals surface area contributed by atoms with Gasteiger partial charge in [0.25, 0.3) is 0 Å². The number of halogens is 2. The Balaban J connectivity index is 1.80. The molecule has 2 N–H and O–H groups in total. The monoisotopic (exact) mass is 398 g/mol. The lowest BCUT2D eigenvalue weighted by atomic mass is 9.96. The van der Waals surface area contributed by atoms with Gasteiger partial charge in [0.05, 0.1) is 15.6 Å². The number of amides is 1. The molecule has 25 heavy (non-hydrogen) atoms. The predicted octanol–water partition coefficient (Wildman–Crippen LogP) is 4.63. The number of carbonyl (C=O) groups is 1. The Morgan fingerprint density at radius 1 is 1.20 bits per heavy atom. The van der Waals surface area contributed by atoms with Gasteiger partial charge in [-0.15, -0.1) is 0 Å². The summed E-state index contributed by atoms with van der Waals surface area (Å²) in [6.45, 7) is 1.95. The van der Waals surface area contributed by atoms with Crippen LogP contribution in [0.25, 0.3) is 21.9 Å². The van der Waals surface area contributed by atoms with Crippen molar-refractivity contribution in [1.82, 2.24) is 4.98 Å². The molecule has 0 radical (unpaired) electrons. The maximum absolute atomic E-state index is 13.9. The number of aromatic nitrogens is 1. The second-order valence-electron chi connectivity index (χ2n) is 6.66. The van der Waals surface area contributed by atoms with Gasteiger partial charge in [-0.1, -0.05) is 12.1 Å². The number of hydrogen-bond acceptors (Lipinski definition) is 2. The number of hydrogen-bond donors (Lipinski definition) is 1. The van der Waals surface area contributed by atoms with Crippen LogP contribution in [-0.4, -0.2) is 10.9 Å². The molecular weight excluding hydrogens is 383 g/mol. The van der Waals surface area contributed by atoms with E-state index in [4.69, 9.17) is 5.73 Å². The Morgan fingerprint density at radius 3 is 2.64 bits per heavy atom. The Hall–Kier alpha value is -2.27. The molecule has 0 saturated heterocycles. The number of nitrogens with two attached hydrogens (primary N) is 1. The third kappa shape index (κ3) is 2.63. The first kappa shape index (κ1) is 16.2. The summed E-state index contributed by atoms with van der Waals surface area (Å²) in [6.07, 6.45) is 3.29. The smallest absolute Gasteiger partial charge is 0.229 e. The molecule has 3 nitrogen and oxygen atoms in total. The molecule has 0 spiro atoms. The zero-order valence-electron chi connectivity index (χ0n) is 13.6. The van der Waals surface area contributed by atoms with Gasteiger partial charge in [0.1, 0.15) is 5.82 Å². The second kappa shape index (κ2) is 5.63. The Kier molecular flexibility index (Phi) is 3.65. The first-order valence-electron chi connectivity index (χ1n) is 8.07. The minimum absolute atomic E-state index is 0.286. The first-order chi connectivity index (χ1) is 11.9. The zero-order chi connectivity index (χ0) is 17.8. The molecule has 1 saturated carbocycles. The molecule has 1 aliphatic rings. The van der Waals surface area contributed by atoms with Crippen molar-refractivity contribution in [3.8, 4) is 11.1 Å². The predicted molar refractivity (Wildman–Crippen MR) is 99.7 cm³/mol. The van der Waals surface area contributed by atoms with Crippen molar-refractivity contribution in [2.75, 3.05) is 0 Å². The van der Waals surface area contributed by atoms with Crippen LogP contribution in [0.1, 0.15) is 24.1 Å². The summed E-state index contributed by atoms with van der Waals surface area (Å²) >= 11 is 3.21. The maximum Gasteiger partial charge on any atom is 0.229 e. The fourth-order valence-electron chi connectivity index (χ4n) is 3.28. The van der Waals surface area contributed by atoms with Crippen LogP contribution in [0, 0.1) is 12.7 Å². The van der Waals surface area contributed by atoms with E-state index in [2.05, 4.69) is 20.9 Å². The van der Waals surface area contributed by atoms with Crippen LogP contribution in [0.5, 0.6) is 0 Å². The molecule has 4 rings (SSSR count). The van der Waals surface area contributed by atoms with Gasteiger partial charge >= 0.3 is 0 Å². The highest BCUT2D eigenvalue weighted by atomic mass is 79.9. The van der Waals surface area contributed by atoms with Gasteiger partial charge in [0, 0.05) is 11.6 Å². The van der Waals surface area contributed by atoms with E-state index in [-0.39, 0.29) is 11.7 Å². The molecule has 0 unspecified atom stereocenters. The van der Waals surface area contributed by atoms with Crippen molar-refractivity contribution in [3.05, 3.63) is 64.1 Å². The van der Waals surface area contributed by atoms with Crippen LogP contribution in [0.3, 0.4) is 0 Å². The van der Waals surface area contributed by atoms with E-state index >= 15 is 0 Å². The van der Waals surface area contributed by atoms with Crippen molar-refractivity contribution in [3.63, 3.8) is 0 Å². The highest BCUT2D eigenvalue weighted by Crippen LogP contribution is 2.47. The SMILES string of the molecule is Cc1cc(Br)c(F)cc1-c1ccc2cc(C3(C(N)=O)CC3)ncc2c1. The molecule has 1 heterocycles. The van der Waals surface area contributed by atoms with Crippen molar-refractivity contribution in [2.24, 2.45) is 5.73 Å². The summed E-state index contributed by atoms with van der Waals surface area (Å²) in [7, 11) is 0. The first-order valence-corrected chi connectivity index (χ1v) is 8.86. The van der Waals surface area contributed by atoms with Gasteiger partial charge in [-0.3, -0.25) is 9.78 Å². The molecule has 2 aromatic carbocycles. The Bertz CT molecular complexity index is 1030. The van der Waals surface area contributed by atoms with Crippen molar-refractivity contribution < 1.29 is 9.18 Å². The molecule has 5 heteroatoms. The van der Waals surface area contributed by atoms with Crippen molar-refractivity contribution >= 4 is 32.6 Å². The normalized spacial score (nSPS) is 15.3. The second-order valence-corrected chi connectivity index (χ2v) is 7.51. The zero-order valence-corrected chi connectivity index (χ0v) is 15.2. The molecular formula is C20H16BrFN2O. The van der Waals surface area contributed by atoms with Crippen molar-refractivity contribution in [1.29, 1.82) is 0 Å². The van der Waals surface area contributed by atoms with Gasteiger partial charge in [-0.25, -0.2) is 4.39 Å². The third-order valence-electron chi connectivity index (χ3n) is 5.01. The van der Waals surface area contributed by atoms with Crippen LogP contribution >= 0.6 is 15.9 Å². The highest BCUT2D eigenvalue weighted by molar-refractivity contribution is 9.10. The molecule has 1 aliphatic carbocycles. The number of benzene rings is 2. The topological polar surface area (TPSA) is 56.0 Å². The molecule has 1 amide bonds. The molecule has 1 fully saturated rings. The lowest BCUT2D eigenvalue weighted by molar-refractivity contribution is -0.120. The standard InChI is InChI=1S/C20H16BrFN2O/c1-11-6-16(21)17(22)9-15(11)13-3-2-12-8-18(24-10-14(12)7-13)20(4-5-20)19(23)25/h2-3,6-10H,4-5H2,1H3,(H2,23,25). The quantitative estimate of drug-likeness (QED) is 0.698. The van der Waals surface area contributed by atoms with E-state index in [1.165, 1.54) is 6.07 Å². The summed E-state index contributed by atoms with van der Waals surface area (Å²) in [6, 6.07) is 11.2. The number of nitrogens with zero attached hydrogens (tertiary/aromatic N) is 1. The molecule has 0 aliphatic heterocycles. The Labute approximate surface area is 153 Å². The summed E-state index contributed by atoms with van der Waals surface area (Å²) in [5.74, 6) is -0.594. The average molecular weight is 399 g/mol. The number of pyridine rings is 1. The van der Waals surface area contributed by atoms with Gasteiger partial charge in [-0.2, -0.15) is 0 Å². The van der Waals surface area contributed by atoms with E-state index in [1.54, 1.807) is 12.3 Å². The lowest BCUT2D eigenvalue weighted by Crippen LogP contribution is -2.29. The summed E-state index contributed by atoms with van der Waals surface area (Å²) in [4.78, 5) is 16.2. The van der Waals surface area contributed by atoms with Gasteiger partial charge < -0.3 is 5.73 Å². The molecule has 3 aromatic rings. The van der Waals surface area contributed by atoms with Crippen LogP contribution in [0.2, 0.25) is 0 Å². The van der Waals surface area contributed by atoms with E-state index in [9.17, 15) is 9.18 Å². The van der Waals surface area contributed by atoms with Gasteiger partial charge in [0.2, 0.25) is 5.91 Å². The lowest BCUT2D eigenvalue weighted by Gasteiger charge is -2.12. The van der Waals surface area contributed by atoms with E-state index < -0.39 is 5.41 Å². The summed E-state index contributed by atoms with van der Waals surface area (Å²) in [5, 5.41) is 1.95. The largest absolute Gasteiger partial charge is 0.369 e. The van der Waals surface area contributed by atoms with Crippen LogP contribution in [0.4, 0.5) is 4.39 Å². The summed E-state index contributed by atoms with van der Waals surface area (Å²) in [5.41, 5.74) is 8.46. The number of rotatable bonds is 3. The number of aryl methyl sites for hydroxylation is 1. The molecule has 126 valence electrons. The van der Waals surface area contributed by atoms with E-state index in [0.29, 0.717) is 4.47 Å². The summed E-state index contributed by atoms with van der Waals surface area (Å²) < 4.78 is 14.4. The molecule has 0 bridgehead atoms. The van der Waals surface area contributed by atoms with Crippen LogP contribution in [-0.2, 0) is 10.2 Å². The van der Waals surface area contributed by atoms with Gasteiger partial charge in [-0.05, 0) is 82.0 Å². The maximum atomic E-state index is 13.9. The fourth-order valence-corrected chi connectivity index (χ4v) is 3.74. The minimum atomic E-state index is -0.585. The molecule has 1 aromatic heterocycles.